The summed E-state index contributed by atoms with van der Waals surface area (Å²) >= 11 is 3.55. The van der Waals surface area contributed by atoms with Crippen LogP contribution in [0.4, 0.5) is 0 Å². The third kappa shape index (κ3) is 2.65. The van der Waals surface area contributed by atoms with E-state index in [1.807, 2.05) is 18.2 Å². The lowest BCUT2D eigenvalue weighted by Gasteiger charge is -2.14. The van der Waals surface area contributed by atoms with Crippen molar-refractivity contribution in [3.8, 4) is 5.75 Å². The van der Waals surface area contributed by atoms with Crippen molar-refractivity contribution in [3.63, 3.8) is 0 Å². The van der Waals surface area contributed by atoms with Gasteiger partial charge in [-0.2, -0.15) is 0 Å². The number of aromatic nitrogens is 1. The normalized spacial score (nSPS) is 14.8. The molecule has 2 heterocycles. The zero-order chi connectivity index (χ0) is 13.2. The lowest BCUT2D eigenvalue weighted by atomic mass is 10.00. The van der Waals surface area contributed by atoms with Gasteiger partial charge in [-0.15, -0.1) is 0 Å². The van der Waals surface area contributed by atoms with E-state index in [2.05, 4.69) is 33.0 Å². The molecule has 0 bridgehead atoms. The number of hydrogen-bond acceptors (Lipinski definition) is 3. The Balaban J connectivity index is 1.88. The van der Waals surface area contributed by atoms with E-state index in [4.69, 9.17) is 10.5 Å². The highest BCUT2D eigenvalue weighted by Crippen LogP contribution is 2.34. The molecule has 0 spiro atoms. The number of halogens is 1. The number of benzene rings is 1. The van der Waals surface area contributed by atoms with Gasteiger partial charge in [0.05, 0.1) is 18.3 Å². The van der Waals surface area contributed by atoms with Crippen molar-refractivity contribution in [2.45, 2.75) is 18.9 Å². The molecule has 1 atom stereocenters. The summed E-state index contributed by atoms with van der Waals surface area (Å²) in [5.74, 6) is 1.01. The number of pyridine rings is 1. The molecule has 3 rings (SSSR count). The van der Waals surface area contributed by atoms with Gasteiger partial charge in [-0.1, -0.05) is 22.0 Å². The number of nitrogens with zero attached hydrogens (tertiary/aromatic N) is 1. The van der Waals surface area contributed by atoms with E-state index in [0.29, 0.717) is 0 Å². The lowest BCUT2D eigenvalue weighted by molar-refractivity contribution is 0.352. The SMILES string of the molecule is NC(Cc1cc(Br)cc2c1OCC2)c1ccccn1. The van der Waals surface area contributed by atoms with Gasteiger partial charge < -0.3 is 10.5 Å². The minimum Gasteiger partial charge on any atom is -0.493 e. The van der Waals surface area contributed by atoms with Crippen LogP contribution in [0, 0.1) is 0 Å². The maximum atomic E-state index is 6.24. The molecule has 4 heteroatoms. The number of hydrogen-bond donors (Lipinski definition) is 1. The minimum atomic E-state index is -0.108. The average molecular weight is 319 g/mol. The van der Waals surface area contributed by atoms with Gasteiger partial charge in [0.25, 0.3) is 0 Å². The summed E-state index contributed by atoms with van der Waals surface area (Å²) in [6.07, 6.45) is 3.48. The van der Waals surface area contributed by atoms with Gasteiger partial charge in [0, 0.05) is 17.1 Å². The first-order valence-corrected chi connectivity index (χ1v) is 7.14. The van der Waals surface area contributed by atoms with Crippen LogP contribution in [-0.4, -0.2) is 11.6 Å². The maximum absolute atomic E-state index is 6.24. The second-order valence-corrected chi connectivity index (χ2v) is 5.63. The van der Waals surface area contributed by atoms with Gasteiger partial charge >= 0.3 is 0 Å². The molecule has 2 aromatic rings. The van der Waals surface area contributed by atoms with Crippen LogP contribution in [-0.2, 0) is 12.8 Å². The summed E-state index contributed by atoms with van der Waals surface area (Å²) in [6.45, 7) is 0.762. The summed E-state index contributed by atoms with van der Waals surface area (Å²) in [5, 5.41) is 0. The first kappa shape index (κ1) is 12.6. The van der Waals surface area contributed by atoms with Crippen molar-refractivity contribution in [2.24, 2.45) is 5.73 Å². The van der Waals surface area contributed by atoms with Gasteiger partial charge in [0.1, 0.15) is 5.75 Å². The zero-order valence-corrected chi connectivity index (χ0v) is 12.1. The van der Waals surface area contributed by atoms with Crippen LogP contribution < -0.4 is 10.5 Å². The predicted molar refractivity (Wildman–Crippen MR) is 78.2 cm³/mol. The van der Waals surface area contributed by atoms with Crippen LogP contribution >= 0.6 is 15.9 Å². The van der Waals surface area contributed by atoms with Gasteiger partial charge in [0.2, 0.25) is 0 Å². The first-order chi connectivity index (χ1) is 9.24. The van der Waals surface area contributed by atoms with E-state index in [1.165, 1.54) is 5.56 Å². The molecule has 0 saturated carbocycles. The third-order valence-electron chi connectivity index (χ3n) is 3.33. The Labute approximate surface area is 120 Å². The molecule has 19 heavy (non-hydrogen) atoms. The van der Waals surface area contributed by atoms with Gasteiger partial charge in [-0.25, -0.2) is 0 Å². The van der Waals surface area contributed by atoms with Gasteiger partial charge in [-0.3, -0.25) is 4.98 Å². The number of nitrogens with two attached hydrogens (primary N) is 1. The molecule has 1 aromatic heterocycles. The summed E-state index contributed by atoms with van der Waals surface area (Å²) in [4.78, 5) is 4.31. The van der Waals surface area contributed by atoms with Crippen LogP contribution in [0.5, 0.6) is 5.75 Å². The summed E-state index contributed by atoms with van der Waals surface area (Å²) in [5.41, 5.74) is 9.56. The molecular weight excluding hydrogens is 304 g/mol. The Morgan fingerprint density at radius 2 is 2.26 bits per heavy atom. The van der Waals surface area contributed by atoms with E-state index in [-0.39, 0.29) is 6.04 Å². The number of rotatable bonds is 3. The van der Waals surface area contributed by atoms with E-state index in [9.17, 15) is 0 Å². The maximum Gasteiger partial charge on any atom is 0.125 e. The number of fused-ring (bicyclic) bond motifs is 1. The largest absolute Gasteiger partial charge is 0.493 e. The Hall–Kier alpha value is -1.39. The van der Waals surface area contributed by atoms with Crippen LogP contribution in [0.3, 0.4) is 0 Å². The Bertz CT molecular complexity index is 586. The zero-order valence-electron chi connectivity index (χ0n) is 10.5. The second kappa shape index (κ2) is 5.31. The van der Waals surface area contributed by atoms with Gasteiger partial charge in [-0.05, 0) is 41.8 Å². The monoisotopic (exact) mass is 318 g/mol. The molecule has 0 aliphatic carbocycles. The van der Waals surface area contributed by atoms with Crippen LogP contribution in [0.1, 0.15) is 22.9 Å². The highest BCUT2D eigenvalue weighted by atomic mass is 79.9. The fourth-order valence-electron chi connectivity index (χ4n) is 2.43. The molecule has 1 aliphatic heterocycles. The lowest BCUT2D eigenvalue weighted by Crippen LogP contribution is -2.15. The number of ether oxygens (including phenoxy) is 1. The van der Waals surface area contributed by atoms with Crippen LogP contribution in [0.15, 0.2) is 41.0 Å². The van der Waals surface area contributed by atoms with Crippen molar-refractivity contribution < 1.29 is 4.74 Å². The van der Waals surface area contributed by atoms with Crippen molar-refractivity contribution in [2.75, 3.05) is 6.61 Å². The van der Waals surface area contributed by atoms with Crippen molar-refractivity contribution >= 4 is 15.9 Å². The molecule has 1 aromatic carbocycles. The van der Waals surface area contributed by atoms with Crippen LogP contribution in [0.25, 0.3) is 0 Å². The molecule has 2 N–H and O–H groups in total. The minimum absolute atomic E-state index is 0.108. The first-order valence-electron chi connectivity index (χ1n) is 6.34. The standard InChI is InChI=1S/C15H15BrN2O/c16-12-7-10-4-6-19-15(10)11(8-12)9-13(17)14-3-1-2-5-18-14/h1-3,5,7-8,13H,4,6,9,17H2. The summed E-state index contributed by atoms with van der Waals surface area (Å²) < 4.78 is 6.81. The quantitative estimate of drug-likeness (QED) is 0.946. The summed E-state index contributed by atoms with van der Waals surface area (Å²) in [7, 11) is 0. The molecule has 0 saturated heterocycles. The molecule has 3 nitrogen and oxygen atoms in total. The molecule has 1 aliphatic rings. The highest BCUT2D eigenvalue weighted by Gasteiger charge is 2.19. The average Bonchev–Trinajstić information content (AvgIpc) is 2.88. The van der Waals surface area contributed by atoms with E-state index < -0.39 is 0 Å². The Morgan fingerprint density at radius 3 is 3.05 bits per heavy atom. The molecular formula is C15H15BrN2O. The van der Waals surface area contributed by atoms with Crippen molar-refractivity contribution in [1.29, 1.82) is 0 Å². The van der Waals surface area contributed by atoms with E-state index in [0.717, 1.165) is 40.9 Å². The second-order valence-electron chi connectivity index (χ2n) is 4.72. The fourth-order valence-corrected chi connectivity index (χ4v) is 2.99. The molecule has 1 unspecified atom stereocenters. The molecule has 0 fully saturated rings. The van der Waals surface area contributed by atoms with E-state index in [1.54, 1.807) is 6.20 Å². The topological polar surface area (TPSA) is 48.1 Å². The third-order valence-corrected chi connectivity index (χ3v) is 3.79. The van der Waals surface area contributed by atoms with E-state index >= 15 is 0 Å². The highest BCUT2D eigenvalue weighted by molar-refractivity contribution is 9.10. The fraction of sp³-hybridized carbons (Fsp3) is 0.267. The van der Waals surface area contributed by atoms with Gasteiger partial charge in [0.15, 0.2) is 0 Å². The predicted octanol–water partition coefficient (Wildman–Crippen LogP) is 3.02. The summed E-state index contributed by atoms with van der Waals surface area (Å²) in [6, 6.07) is 9.93. The Kier molecular flexibility index (Phi) is 3.53. The molecule has 0 amide bonds. The Morgan fingerprint density at radius 1 is 1.37 bits per heavy atom. The molecule has 98 valence electrons. The molecule has 0 radical (unpaired) electrons. The van der Waals surface area contributed by atoms with Crippen molar-refractivity contribution in [3.05, 3.63) is 57.8 Å². The smallest absolute Gasteiger partial charge is 0.125 e. The van der Waals surface area contributed by atoms with Crippen molar-refractivity contribution in [1.82, 2.24) is 4.98 Å². The van der Waals surface area contributed by atoms with Crippen LogP contribution in [0.2, 0.25) is 0 Å².